The van der Waals surface area contributed by atoms with Crippen LogP contribution in [0.5, 0.6) is 0 Å². The van der Waals surface area contributed by atoms with Crippen molar-refractivity contribution < 1.29 is 13.6 Å². The van der Waals surface area contributed by atoms with E-state index in [-0.39, 0.29) is 35.9 Å². The number of aliphatic imine (C=N–C) groups is 1. The topological polar surface area (TPSA) is 56.7 Å². The fourth-order valence-electron chi connectivity index (χ4n) is 2.76. The lowest BCUT2D eigenvalue weighted by molar-refractivity contribution is -0.129. The highest BCUT2D eigenvalue weighted by atomic mass is 127. The van der Waals surface area contributed by atoms with Gasteiger partial charge in [-0.05, 0) is 24.5 Å². The van der Waals surface area contributed by atoms with Crippen molar-refractivity contribution in [3.8, 4) is 0 Å². The first-order valence-corrected chi connectivity index (χ1v) is 8.22. The molecule has 1 saturated heterocycles. The lowest BCUT2D eigenvalue weighted by atomic mass is 10.1. The lowest BCUT2D eigenvalue weighted by Gasteiger charge is -2.18. The average molecular weight is 466 g/mol. The Kier molecular flexibility index (Phi) is 9.09. The Balaban J connectivity index is 0.00000312. The number of rotatable bonds is 5. The Hall–Kier alpha value is -1.45. The Morgan fingerprint density at radius 3 is 2.80 bits per heavy atom. The molecule has 1 atom stereocenters. The molecule has 1 unspecified atom stereocenters. The summed E-state index contributed by atoms with van der Waals surface area (Å²) >= 11 is 0. The van der Waals surface area contributed by atoms with Gasteiger partial charge in [-0.1, -0.05) is 13.0 Å². The SMILES string of the molecule is CCC(=O)N1CCC(NC(=NC)NCCc2ccc(F)cc2F)C1.I. The molecule has 1 heterocycles. The molecule has 25 heavy (non-hydrogen) atoms. The van der Waals surface area contributed by atoms with Crippen molar-refractivity contribution in [2.24, 2.45) is 4.99 Å². The van der Waals surface area contributed by atoms with E-state index < -0.39 is 11.6 Å². The highest BCUT2D eigenvalue weighted by Crippen LogP contribution is 2.11. The summed E-state index contributed by atoms with van der Waals surface area (Å²) in [4.78, 5) is 17.7. The van der Waals surface area contributed by atoms with Gasteiger partial charge in [-0.15, -0.1) is 24.0 Å². The van der Waals surface area contributed by atoms with Gasteiger partial charge < -0.3 is 15.5 Å². The maximum absolute atomic E-state index is 13.6. The van der Waals surface area contributed by atoms with E-state index in [4.69, 9.17) is 0 Å². The van der Waals surface area contributed by atoms with Gasteiger partial charge in [0.1, 0.15) is 11.6 Å². The highest BCUT2D eigenvalue weighted by molar-refractivity contribution is 14.0. The second kappa shape index (κ2) is 10.5. The standard InChI is InChI=1S/C17H24F2N4O.HI/c1-3-16(24)23-9-7-14(11-23)22-17(20-2)21-8-6-12-4-5-13(18)10-15(12)19;/h4-5,10,14H,3,6-9,11H2,1-2H3,(H2,20,21,22);1H. The van der Waals surface area contributed by atoms with Gasteiger partial charge in [-0.2, -0.15) is 0 Å². The van der Waals surface area contributed by atoms with Crippen LogP contribution in [0.4, 0.5) is 8.78 Å². The summed E-state index contributed by atoms with van der Waals surface area (Å²) in [6.07, 6.45) is 1.82. The minimum Gasteiger partial charge on any atom is -0.356 e. The number of nitrogens with one attached hydrogen (secondary N) is 2. The highest BCUT2D eigenvalue weighted by Gasteiger charge is 2.25. The zero-order valence-corrected chi connectivity index (χ0v) is 16.8. The molecule has 2 N–H and O–H groups in total. The minimum atomic E-state index is -0.575. The number of likely N-dealkylation sites (tertiary alicyclic amines) is 1. The summed E-state index contributed by atoms with van der Waals surface area (Å²) in [6.45, 7) is 3.76. The van der Waals surface area contributed by atoms with Gasteiger partial charge in [0.2, 0.25) is 5.91 Å². The summed E-state index contributed by atoms with van der Waals surface area (Å²) in [7, 11) is 1.66. The van der Waals surface area contributed by atoms with Gasteiger partial charge in [0, 0.05) is 45.2 Å². The van der Waals surface area contributed by atoms with Crippen LogP contribution in [0.3, 0.4) is 0 Å². The molecule has 1 aromatic carbocycles. The van der Waals surface area contributed by atoms with Crippen LogP contribution in [0.1, 0.15) is 25.3 Å². The molecule has 0 saturated carbocycles. The first kappa shape index (κ1) is 21.6. The van der Waals surface area contributed by atoms with Crippen molar-refractivity contribution in [2.75, 3.05) is 26.7 Å². The maximum atomic E-state index is 13.6. The van der Waals surface area contributed by atoms with Crippen LogP contribution in [0.15, 0.2) is 23.2 Å². The largest absolute Gasteiger partial charge is 0.356 e. The average Bonchev–Trinajstić information content (AvgIpc) is 3.03. The van der Waals surface area contributed by atoms with Gasteiger partial charge in [0.05, 0.1) is 0 Å². The van der Waals surface area contributed by atoms with E-state index >= 15 is 0 Å². The number of hydrogen-bond acceptors (Lipinski definition) is 2. The molecule has 140 valence electrons. The van der Waals surface area contributed by atoms with E-state index in [1.807, 2.05) is 11.8 Å². The normalized spacial score (nSPS) is 17.2. The molecule has 0 aliphatic carbocycles. The Labute approximate surface area is 164 Å². The van der Waals surface area contributed by atoms with Crippen molar-refractivity contribution in [3.63, 3.8) is 0 Å². The quantitative estimate of drug-likeness (QED) is 0.398. The fourth-order valence-corrected chi connectivity index (χ4v) is 2.76. The predicted octanol–water partition coefficient (Wildman–Crippen LogP) is 2.30. The number of guanidine groups is 1. The summed E-state index contributed by atoms with van der Waals surface area (Å²) in [6, 6.07) is 3.76. The third-order valence-electron chi connectivity index (χ3n) is 4.11. The van der Waals surface area contributed by atoms with Crippen LogP contribution in [0.2, 0.25) is 0 Å². The lowest BCUT2D eigenvalue weighted by Crippen LogP contribution is -2.45. The molecule has 2 rings (SSSR count). The van der Waals surface area contributed by atoms with E-state index in [1.165, 1.54) is 12.1 Å². The molecule has 1 fully saturated rings. The fraction of sp³-hybridized carbons (Fsp3) is 0.529. The van der Waals surface area contributed by atoms with Gasteiger partial charge in [0.15, 0.2) is 5.96 Å². The van der Waals surface area contributed by atoms with E-state index in [2.05, 4.69) is 15.6 Å². The second-order valence-electron chi connectivity index (χ2n) is 5.81. The molecule has 1 aliphatic rings. The van der Waals surface area contributed by atoms with Gasteiger partial charge in [-0.25, -0.2) is 8.78 Å². The van der Waals surface area contributed by atoms with Gasteiger partial charge in [-0.3, -0.25) is 9.79 Å². The number of hydrogen-bond donors (Lipinski definition) is 2. The molecular weight excluding hydrogens is 441 g/mol. The number of halogens is 3. The van der Waals surface area contributed by atoms with Crippen molar-refractivity contribution in [1.82, 2.24) is 15.5 Å². The van der Waals surface area contributed by atoms with Crippen LogP contribution in [0.25, 0.3) is 0 Å². The van der Waals surface area contributed by atoms with Crippen molar-refractivity contribution in [2.45, 2.75) is 32.2 Å². The Morgan fingerprint density at radius 2 is 2.16 bits per heavy atom. The molecule has 8 heteroatoms. The van der Waals surface area contributed by atoms with Crippen LogP contribution in [0, 0.1) is 11.6 Å². The number of amides is 1. The number of benzene rings is 1. The van der Waals surface area contributed by atoms with Gasteiger partial charge in [0.25, 0.3) is 0 Å². The summed E-state index contributed by atoms with van der Waals surface area (Å²) in [5, 5.41) is 6.40. The molecule has 1 aromatic rings. The smallest absolute Gasteiger partial charge is 0.222 e. The van der Waals surface area contributed by atoms with Crippen LogP contribution in [-0.4, -0.2) is 49.5 Å². The third-order valence-corrected chi connectivity index (χ3v) is 4.11. The predicted molar refractivity (Wildman–Crippen MR) is 105 cm³/mol. The van der Waals surface area contributed by atoms with Crippen LogP contribution in [-0.2, 0) is 11.2 Å². The van der Waals surface area contributed by atoms with Crippen molar-refractivity contribution >= 4 is 35.8 Å². The van der Waals surface area contributed by atoms with Crippen LogP contribution >= 0.6 is 24.0 Å². The first-order chi connectivity index (χ1) is 11.5. The van der Waals surface area contributed by atoms with E-state index in [9.17, 15) is 13.6 Å². The zero-order valence-electron chi connectivity index (χ0n) is 14.5. The molecule has 0 radical (unpaired) electrons. The van der Waals surface area contributed by atoms with Crippen LogP contribution < -0.4 is 10.6 Å². The first-order valence-electron chi connectivity index (χ1n) is 8.22. The zero-order chi connectivity index (χ0) is 17.5. The number of carbonyl (C=O) groups is 1. The van der Waals surface area contributed by atoms with Crippen molar-refractivity contribution in [1.29, 1.82) is 0 Å². The summed E-state index contributed by atoms with van der Waals surface area (Å²) in [5.74, 6) is -0.333. The second-order valence-corrected chi connectivity index (χ2v) is 5.81. The Bertz CT molecular complexity index is 612. The third kappa shape index (κ3) is 6.41. The molecular formula is C17H25F2IN4O. The van der Waals surface area contributed by atoms with E-state index in [0.717, 1.165) is 19.0 Å². The number of nitrogens with zero attached hydrogens (tertiary/aromatic N) is 2. The molecule has 0 spiro atoms. The molecule has 1 aliphatic heterocycles. The number of carbonyl (C=O) groups excluding carboxylic acids is 1. The van der Waals surface area contributed by atoms with Gasteiger partial charge >= 0.3 is 0 Å². The minimum absolute atomic E-state index is 0. The summed E-state index contributed by atoms with van der Waals surface area (Å²) < 4.78 is 26.5. The molecule has 0 bridgehead atoms. The van der Waals surface area contributed by atoms with E-state index in [0.29, 0.717) is 37.5 Å². The molecule has 5 nitrogen and oxygen atoms in total. The maximum Gasteiger partial charge on any atom is 0.222 e. The summed E-state index contributed by atoms with van der Waals surface area (Å²) in [5.41, 5.74) is 0.458. The molecule has 0 aromatic heterocycles. The Morgan fingerprint density at radius 1 is 1.40 bits per heavy atom. The molecule has 1 amide bonds. The van der Waals surface area contributed by atoms with E-state index in [1.54, 1.807) is 7.05 Å². The van der Waals surface area contributed by atoms with Crippen molar-refractivity contribution in [3.05, 3.63) is 35.4 Å². The monoisotopic (exact) mass is 466 g/mol.